The molecule has 2 atom stereocenters. The predicted molar refractivity (Wildman–Crippen MR) is 66.9 cm³/mol. The summed E-state index contributed by atoms with van der Waals surface area (Å²) < 4.78 is 29.8. The van der Waals surface area contributed by atoms with Crippen molar-refractivity contribution in [2.45, 2.75) is 46.3 Å². The van der Waals surface area contributed by atoms with E-state index in [-0.39, 0.29) is 12.2 Å². The van der Waals surface area contributed by atoms with Gasteiger partial charge in [0.1, 0.15) is 0 Å². The molecule has 0 bridgehead atoms. The van der Waals surface area contributed by atoms with E-state index in [1.54, 1.807) is 7.05 Å². The van der Waals surface area contributed by atoms with Crippen LogP contribution in [0.15, 0.2) is 0 Å². The monoisotopic (exact) mass is 251 g/mol. The Hall–Kier alpha value is -0.130. The van der Waals surface area contributed by atoms with Gasteiger partial charge in [0.2, 0.25) is 10.0 Å². The molecule has 2 unspecified atom stereocenters. The first-order chi connectivity index (χ1) is 7.18. The Morgan fingerprint density at radius 3 is 2.06 bits per heavy atom. The lowest BCUT2D eigenvalue weighted by Crippen LogP contribution is -2.39. The van der Waals surface area contributed by atoms with Gasteiger partial charge in [0.15, 0.2) is 0 Å². The topological polar surface area (TPSA) is 46.6 Å². The Morgan fingerprint density at radius 1 is 1.25 bits per heavy atom. The van der Waals surface area contributed by atoms with Crippen LogP contribution in [0.4, 0.5) is 0 Å². The van der Waals surface area contributed by atoms with Gasteiger partial charge in [-0.1, -0.05) is 20.3 Å². The van der Waals surface area contributed by atoms with Gasteiger partial charge >= 0.3 is 0 Å². The summed E-state index contributed by atoms with van der Waals surface area (Å²) in [6.45, 7) is 8.53. The molecule has 98 valence electrons. The molecule has 0 aromatic heterocycles. The zero-order chi connectivity index (χ0) is 12.9. The van der Waals surface area contributed by atoms with E-state index in [9.17, 15) is 8.42 Å². The fraction of sp³-hybridized carbons (Fsp3) is 1.00. The molecule has 5 heteroatoms. The summed E-state index contributed by atoms with van der Waals surface area (Å²) in [5.41, 5.74) is 0. The molecule has 0 heterocycles. The number of rotatable bonds is 7. The smallest absolute Gasteiger partial charge is 0.211 e. The molecule has 0 aromatic rings. The molecule has 0 spiro atoms. The quantitative estimate of drug-likeness (QED) is 0.692. The van der Waals surface area contributed by atoms with Gasteiger partial charge < -0.3 is 4.74 Å². The summed E-state index contributed by atoms with van der Waals surface area (Å²) in [6, 6.07) is 0. The summed E-state index contributed by atoms with van der Waals surface area (Å²) in [6.07, 6.45) is 2.28. The second kappa shape index (κ2) is 6.57. The van der Waals surface area contributed by atoms with Crippen LogP contribution in [-0.2, 0) is 14.8 Å². The summed E-state index contributed by atoms with van der Waals surface area (Å²) in [7, 11) is -1.53. The molecule has 0 rings (SSSR count). The third-order valence-corrected chi connectivity index (χ3v) is 4.01. The van der Waals surface area contributed by atoms with Crippen LogP contribution in [0.25, 0.3) is 0 Å². The average Bonchev–Trinajstić information content (AvgIpc) is 2.13. The van der Waals surface area contributed by atoms with Crippen LogP contribution in [0.2, 0.25) is 0 Å². The van der Waals surface area contributed by atoms with E-state index in [0.29, 0.717) is 12.5 Å². The van der Waals surface area contributed by atoms with Crippen LogP contribution in [0.3, 0.4) is 0 Å². The van der Waals surface area contributed by atoms with Crippen LogP contribution in [0.5, 0.6) is 0 Å². The van der Waals surface area contributed by atoms with Crippen LogP contribution in [-0.4, -0.2) is 44.8 Å². The van der Waals surface area contributed by atoms with Crippen LogP contribution >= 0.6 is 0 Å². The minimum atomic E-state index is -3.12. The van der Waals surface area contributed by atoms with Crippen molar-refractivity contribution in [1.82, 2.24) is 4.31 Å². The Bertz CT molecular complexity index is 288. The van der Waals surface area contributed by atoms with E-state index in [1.165, 1.54) is 10.6 Å². The van der Waals surface area contributed by atoms with Crippen molar-refractivity contribution in [3.63, 3.8) is 0 Å². The second-order valence-electron chi connectivity index (χ2n) is 4.65. The lowest BCUT2D eigenvalue weighted by atomic mass is 10.0. The lowest BCUT2D eigenvalue weighted by molar-refractivity contribution is -0.0291. The number of likely N-dealkylation sites (N-methyl/N-ethyl adjacent to an activating group) is 1. The third kappa shape index (κ3) is 5.82. The minimum absolute atomic E-state index is 0.0373. The van der Waals surface area contributed by atoms with Gasteiger partial charge in [-0.15, -0.1) is 0 Å². The molecule has 0 radical (unpaired) electrons. The molecule has 0 amide bonds. The molecule has 0 N–H and O–H groups in total. The standard InChI is InChI=1S/C11H25NO3S/c1-7-10(4)11(15-9(2)3)8-12(5)16(6,13)14/h9-11H,7-8H2,1-6H3. The highest BCUT2D eigenvalue weighted by Crippen LogP contribution is 2.15. The number of ether oxygens (including phenoxy) is 1. The van der Waals surface area contributed by atoms with Crippen LogP contribution < -0.4 is 0 Å². The van der Waals surface area contributed by atoms with Crippen molar-refractivity contribution in [2.24, 2.45) is 5.92 Å². The van der Waals surface area contributed by atoms with Crippen molar-refractivity contribution < 1.29 is 13.2 Å². The minimum Gasteiger partial charge on any atom is -0.374 e. The largest absolute Gasteiger partial charge is 0.374 e. The van der Waals surface area contributed by atoms with Crippen molar-refractivity contribution in [3.8, 4) is 0 Å². The van der Waals surface area contributed by atoms with E-state index in [2.05, 4.69) is 13.8 Å². The second-order valence-corrected chi connectivity index (χ2v) is 6.74. The predicted octanol–water partition coefficient (Wildman–Crippen LogP) is 1.72. The van der Waals surface area contributed by atoms with Crippen molar-refractivity contribution in [2.75, 3.05) is 19.8 Å². The Morgan fingerprint density at radius 2 is 1.75 bits per heavy atom. The zero-order valence-corrected chi connectivity index (χ0v) is 12.0. The molecule has 0 saturated carbocycles. The number of hydrogen-bond acceptors (Lipinski definition) is 3. The van der Waals surface area contributed by atoms with Gasteiger partial charge in [-0.25, -0.2) is 12.7 Å². The van der Waals surface area contributed by atoms with Gasteiger partial charge in [0, 0.05) is 13.6 Å². The molecule has 0 aromatic carbocycles. The SMILES string of the molecule is CCC(C)C(CN(C)S(C)(=O)=O)OC(C)C. The molecular formula is C11H25NO3S. The van der Waals surface area contributed by atoms with E-state index < -0.39 is 10.0 Å². The number of sulfonamides is 1. The molecular weight excluding hydrogens is 226 g/mol. The van der Waals surface area contributed by atoms with Gasteiger partial charge in [0.05, 0.1) is 18.5 Å². The molecule has 16 heavy (non-hydrogen) atoms. The third-order valence-electron chi connectivity index (χ3n) is 2.73. The Balaban J connectivity index is 4.54. The fourth-order valence-corrected chi connectivity index (χ4v) is 1.78. The summed E-state index contributed by atoms with van der Waals surface area (Å²) >= 11 is 0. The first kappa shape index (κ1) is 15.9. The lowest BCUT2D eigenvalue weighted by Gasteiger charge is -2.28. The molecule has 0 aliphatic rings. The maximum Gasteiger partial charge on any atom is 0.211 e. The van der Waals surface area contributed by atoms with Crippen LogP contribution in [0.1, 0.15) is 34.1 Å². The maximum atomic E-state index is 11.3. The fourth-order valence-electron chi connectivity index (χ4n) is 1.36. The highest BCUT2D eigenvalue weighted by Gasteiger charge is 2.23. The highest BCUT2D eigenvalue weighted by atomic mass is 32.2. The first-order valence-corrected chi connectivity index (χ1v) is 7.60. The highest BCUT2D eigenvalue weighted by molar-refractivity contribution is 7.88. The number of hydrogen-bond donors (Lipinski definition) is 0. The molecule has 0 aliphatic heterocycles. The van der Waals surface area contributed by atoms with Crippen molar-refractivity contribution in [1.29, 1.82) is 0 Å². The van der Waals surface area contributed by atoms with E-state index in [0.717, 1.165) is 6.42 Å². The Labute approximate surface area is 100 Å². The zero-order valence-electron chi connectivity index (χ0n) is 11.2. The summed E-state index contributed by atoms with van der Waals surface area (Å²) in [4.78, 5) is 0. The van der Waals surface area contributed by atoms with E-state index in [4.69, 9.17) is 4.74 Å². The van der Waals surface area contributed by atoms with E-state index in [1.807, 2.05) is 13.8 Å². The summed E-state index contributed by atoms with van der Waals surface area (Å²) in [5, 5.41) is 0. The van der Waals surface area contributed by atoms with E-state index >= 15 is 0 Å². The molecule has 0 saturated heterocycles. The van der Waals surface area contributed by atoms with Gasteiger partial charge in [-0.2, -0.15) is 0 Å². The van der Waals surface area contributed by atoms with Gasteiger partial charge in [0.25, 0.3) is 0 Å². The molecule has 4 nitrogen and oxygen atoms in total. The molecule has 0 aliphatic carbocycles. The van der Waals surface area contributed by atoms with Gasteiger partial charge in [-0.05, 0) is 19.8 Å². The number of nitrogens with zero attached hydrogens (tertiary/aromatic N) is 1. The average molecular weight is 251 g/mol. The van der Waals surface area contributed by atoms with Crippen LogP contribution in [0, 0.1) is 5.92 Å². The first-order valence-electron chi connectivity index (χ1n) is 5.75. The summed E-state index contributed by atoms with van der Waals surface area (Å²) in [5.74, 6) is 0.353. The maximum absolute atomic E-state index is 11.3. The van der Waals surface area contributed by atoms with Crippen molar-refractivity contribution >= 4 is 10.0 Å². The molecule has 0 fully saturated rings. The normalized spacial score (nSPS) is 16.8. The van der Waals surface area contributed by atoms with Crippen molar-refractivity contribution in [3.05, 3.63) is 0 Å². The Kier molecular flexibility index (Phi) is 6.51. The van der Waals surface area contributed by atoms with Gasteiger partial charge in [-0.3, -0.25) is 0 Å².